The Balaban J connectivity index is 1.20. The lowest BCUT2D eigenvalue weighted by Crippen LogP contribution is -2.65. The molecular weight excluding hydrogens is 855 g/mol. The van der Waals surface area contributed by atoms with Crippen molar-refractivity contribution >= 4 is 40.9 Å². The summed E-state index contributed by atoms with van der Waals surface area (Å²) >= 11 is 12.8. The van der Waals surface area contributed by atoms with Gasteiger partial charge in [0.05, 0.1) is 36.6 Å². The predicted octanol–water partition coefficient (Wildman–Crippen LogP) is 5.61. The molecule has 3 aromatic carbocycles. The summed E-state index contributed by atoms with van der Waals surface area (Å²) in [6.45, 7) is 2.26. The highest BCUT2D eigenvalue weighted by molar-refractivity contribution is 6.31. The minimum absolute atomic E-state index is 0.0122. The number of benzene rings is 3. The van der Waals surface area contributed by atoms with E-state index in [4.69, 9.17) is 27.9 Å². The fourth-order valence-corrected chi connectivity index (χ4v) is 9.02. The Kier molecular flexibility index (Phi) is 15.0. The number of nitrogens with one attached hydrogen (secondary N) is 2. The first-order chi connectivity index (χ1) is 30.7. The van der Waals surface area contributed by atoms with Crippen molar-refractivity contribution in [1.29, 1.82) is 0 Å². The van der Waals surface area contributed by atoms with E-state index in [1.54, 1.807) is 65.5 Å². The number of imidazole rings is 1. The van der Waals surface area contributed by atoms with Gasteiger partial charge in [-0.15, -0.1) is 0 Å². The zero-order chi connectivity index (χ0) is 45.5. The number of aliphatic hydroxyl groups excluding tert-OH is 2. The van der Waals surface area contributed by atoms with E-state index in [1.807, 2.05) is 69.8 Å². The standard InChI is InChI=1S/C48H56Cl2N8O6/c1-31-45(61)53-40(29-59)46(62)54-48(24-32-8-13-37(49)14-9-32)18-6-20-57(30-48)47(63)36(21-33-7-5-19-51-25-33)22-44(60)58(31)27-35-10-15-38(50)23-42(35)64-39-16-11-34(12-17-39)41-26-52-43(56(41)4)28-55(2)3/h5,7-17,19,23,25-26,31,36,40,44,59-60H,6,18,20-22,24,27-30H2,1-4H3,(H,53,61)(H,54,62)/t31-,36+,40?,44?,48+/m0/s1. The summed E-state index contributed by atoms with van der Waals surface area (Å²) in [7, 11) is 5.98. The van der Waals surface area contributed by atoms with Gasteiger partial charge in [0.1, 0.15) is 29.6 Å². The number of aromatic nitrogens is 3. The Morgan fingerprint density at radius 1 is 0.953 bits per heavy atom. The molecule has 3 amide bonds. The van der Waals surface area contributed by atoms with E-state index in [1.165, 1.54) is 0 Å². The minimum Gasteiger partial charge on any atom is -0.457 e. The molecule has 0 spiro atoms. The number of hydrogen-bond acceptors (Lipinski definition) is 10. The number of pyridine rings is 1. The van der Waals surface area contributed by atoms with Gasteiger partial charge in [-0.25, -0.2) is 4.98 Å². The maximum Gasteiger partial charge on any atom is 0.245 e. The van der Waals surface area contributed by atoms with E-state index in [0.717, 1.165) is 28.2 Å². The molecule has 2 aliphatic heterocycles. The van der Waals surface area contributed by atoms with Gasteiger partial charge in [0.2, 0.25) is 17.7 Å². The summed E-state index contributed by atoms with van der Waals surface area (Å²) < 4.78 is 8.52. The lowest BCUT2D eigenvalue weighted by atomic mass is 9.81. The van der Waals surface area contributed by atoms with Gasteiger partial charge in [-0.05, 0) is 119 Å². The molecule has 0 saturated carbocycles. The fourth-order valence-electron chi connectivity index (χ4n) is 8.73. The lowest BCUT2D eigenvalue weighted by Gasteiger charge is -2.45. The topological polar surface area (TPSA) is 165 Å². The van der Waals surface area contributed by atoms with Gasteiger partial charge in [-0.1, -0.05) is 47.5 Å². The van der Waals surface area contributed by atoms with Crippen molar-refractivity contribution in [1.82, 2.24) is 39.9 Å². The molecule has 14 nitrogen and oxygen atoms in total. The van der Waals surface area contributed by atoms with Crippen LogP contribution in [0.5, 0.6) is 11.5 Å². The monoisotopic (exact) mass is 910 g/mol. The molecule has 2 fully saturated rings. The summed E-state index contributed by atoms with van der Waals surface area (Å²) in [4.78, 5) is 57.6. The summed E-state index contributed by atoms with van der Waals surface area (Å²) in [6.07, 6.45) is 5.65. The minimum atomic E-state index is -1.33. The molecule has 2 aromatic heterocycles. The smallest absolute Gasteiger partial charge is 0.245 e. The number of carbonyl (C=O) groups is 3. The van der Waals surface area contributed by atoms with Crippen molar-refractivity contribution in [3.63, 3.8) is 0 Å². The molecule has 16 heteroatoms. The van der Waals surface area contributed by atoms with Gasteiger partial charge >= 0.3 is 0 Å². The van der Waals surface area contributed by atoms with Crippen LogP contribution in [0, 0.1) is 5.92 Å². The van der Waals surface area contributed by atoms with Crippen LogP contribution >= 0.6 is 23.2 Å². The van der Waals surface area contributed by atoms with E-state index in [2.05, 4.69) is 30.1 Å². The number of amides is 3. The Morgan fingerprint density at radius 2 is 1.70 bits per heavy atom. The van der Waals surface area contributed by atoms with E-state index >= 15 is 0 Å². The maximum absolute atomic E-state index is 14.9. The molecule has 0 radical (unpaired) electrons. The third kappa shape index (κ3) is 11.3. The van der Waals surface area contributed by atoms with E-state index in [0.29, 0.717) is 59.5 Å². The number of carbonyl (C=O) groups excluding carboxylic acids is 3. The van der Waals surface area contributed by atoms with Crippen molar-refractivity contribution in [2.24, 2.45) is 13.0 Å². The van der Waals surface area contributed by atoms with Gasteiger partial charge in [0.15, 0.2) is 0 Å². The zero-order valence-electron chi connectivity index (χ0n) is 36.6. The highest BCUT2D eigenvalue weighted by Crippen LogP contribution is 2.34. The molecular formula is C48H56Cl2N8O6. The largest absolute Gasteiger partial charge is 0.457 e. The van der Waals surface area contributed by atoms with Crippen LogP contribution < -0.4 is 15.4 Å². The molecule has 64 heavy (non-hydrogen) atoms. The first-order valence-electron chi connectivity index (χ1n) is 21.5. The van der Waals surface area contributed by atoms with Crippen LogP contribution in [0.1, 0.15) is 48.7 Å². The van der Waals surface area contributed by atoms with Gasteiger partial charge in [0.25, 0.3) is 0 Å². The summed E-state index contributed by atoms with van der Waals surface area (Å²) in [6, 6.07) is 21.4. The molecule has 0 aliphatic carbocycles. The third-order valence-corrected chi connectivity index (χ3v) is 12.6. The Morgan fingerprint density at radius 3 is 2.41 bits per heavy atom. The molecule has 4 heterocycles. The van der Waals surface area contributed by atoms with Gasteiger partial charge < -0.3 is 40.0 Å². The van der Waals surface area contributed by atoms with Crippen LogP contribution in [0.3, 0.4) is 0 Å². The van der Waals surface area contributed by atoms with Gasteiger partial charge in [-0.2, -0.15) is 0 Å². The van der Waals surface area contributed by atoms with Gasteiger partial charge in [-0.3, -0.25) is 24.3 Å². The summed E-state index contributed by atoms with van der Waals surface area (Å²) in [5.74, 6) is -0.248. The molecule has 338 valence electrons. The van der Waals surface area contributed by atoms with Crippen molar-refractivity contribution < 1.29 is 29.3 Å². The molecule has 2 aliphatic rings. The van der Waals surface area contributed by atoms with Crippen molar-refractivity contribution in [2.75, 3.05) is 33.8 Å². The average Bonchev–Trinajstić information content (AvgIpc) is 3.63. The predicted molar refractivity (Wildman–Crippen MR) is 245 cm³/mol. The Bertz CT molecular complexity index is 2400. The third-order valence-electron chi connectivity index (χ3n) is 12.2. The molecule has 4 N–H and O–H groups in total. The Hall–Kier alpha value is -5.35. The maximum atomic E-state index is 14.9. The van der Waals surface area contributed by atoms with E-state index in [9.17, 15) is 24.6 Å². The number of nitrogens with zero attached hydrogens (tertiary/aromatic N) is 6. The van der Waals surface area contributed by atoms with Crippen molar-refractivity contribution in [3.05, 3.63) is 130 Å². The molecule has 7 rings (SSSR count). The number of piperidine rings is 1. The van der Waals surface area contributed by atoms with Crippen LogP contribution in [-0.4, -0.2) is 115 Å². The fraction of sp³-hybridized carbons (Fsp3) is 0.396. The summed E-state index contributed by atoms with van der Waals surface area (Å²) in [5, 5.41) is 29.8. The number of ether oxygens (including phenoxy) is 1. The normalized spacial score (nSPS) is 22.5. The molecule has 2 bridgehead atoms. The first-order valence-corrected chi connectivity index (χ1v) is 22.3. The van der Waals surface area contributed by atoms with E-state index < -0.39 is 48.2 Å². The second-order valence-corrected chi connectivity index (χ2v) is 18.1. The molecule has 2 unspecified atom stereocenters. The lowest BCUT2D eigenvalue weighted by molar-refractivity contribution is -0.145. The van der Waals surface area contributed by atoms with Crippen LogP contribution in [0.2, 0.25) is 10.0 Å². The number of halogens is 2. The number of aliphatic hydroxyl groups is 2. The number of rotatable bonds is 12. The zero-order valence-corrected chi connectivity index (χ0v) is 38.1. The molecule has 5 aromatic rings. The van der Waals surface area contributed by atoms with Crippen molar-refractivity contribution in [2.45, 2.75) is 76.0 Å². The highest BCUT2D eigenvalue weighted by Gasteiger charge is 2.43. The second kappa shape index (κ2) is 20.7. The number of fused-ring (bicyclic) bond motifs is 2. The quantitative estimate of drug-likeness (QED) is 0.124. The molecule has 2 saturated heterocycles. The van der Waals surface area contributed by atoms with Gasteiger partial charge in [0, 0.05) is 66.2 Å². The van der Waals surface area contributed by atoms with E-state index in [-0.39, 0.29) is 31.8 Å². The van der Waals surface area contributed by atoms with Crippen molar-refractivity contribution in [3.8, 4) is 22.8 Å². The molecule has 5 atom stereocenters. The van der Waals surface area contributed by atoms with Crippen LogP contribution in [0.15, 0.2) is 97.5 Å². The van der Waals surface area contributed by atoms with Crippen LogP contribution in [0.25, 0.3) is 11.3 Å². The first kappa shape index (κ1) is 46.6. The second-order valence-electron chi connectivity index (χ2n) is 17.2. The SMILES string of the molecule is C[C@H]1C(=O)NC(CO)C(=O)N[C@@]2(Cc3ccc(Cl)cc3)CCCN(C2)C(=O)[C@H](Cc2cccnc2)CC(O)N1Cc1ccc(Cl)cc1Oc1ccc(-c2cnc(CN(C)C)n2C)cc1. The van der Waals surface area contributed by atoms with Crippen LogP contribution in [-0.2, 0) is 47.4 Å². The summed E-state index contributed by atoms with van der Waals surface area (Å²) in [5.41, 5.74) is 3.30. The number of hydrogen-bond donors (Lipinski definition) is 4. The Labute approximate surface area is 384 Å². The van der Waals surface area contributed by atoms with Crippen LogP contribution in [0.4, 0.5) is 0 Å². The average molecular weight is 912 g/mol. The highest BCUT2D eigenvalue weighted by atomic mass is 35.5.